The first kappa shape index (κ1) is 19.9. The molecule has 0 bridgehead atoms. The van der Waals surface area contributed by atoms with Crippen molar-refractivity contribution in [2.75, 3.05) is 25.5 Å². The van der Waals surface area contributed by atoms with Crippen LogP contribution in [0.25, 0.3) is 0 Å². The van der Waals surface area contributed by atoms with Crippen molar-refractivity contribution in [3.8, 4) is 5.75 Å². The maximum atomic E-state index is 12.2. The molecule has 0 atom stereocenters. The van der Waals surface area contributed by atoms with Crippen molar-refractivity contribution >= 4 is 23.1 Å². The Labute approximate surface area is 156 Å². The number of hydrogen-bond donors (Lipinski definition) is 2. The maximum Gasteiger partial charge on any atom is 0.292 e. The first-order chi connectivity index (χ1) is 12.9. The molecule has 0 aliphatic rings. The van der Waals surface area contributed by atoms with Crippen LogP contribution in [0.4, 0.5) is 11.4 Å². The van der Waals surface area contributed by atoms with E-state index in [2.05, 4.69) is 10.6 Å². The lowest BCUT2D eigenvalue weighted by Gasteiger charge is -2.11. The molecule has 0 aromatic heterocycles. The summed E-state index contributed by atoms with van der Waals surface area (Å²) >= 11 is 0. The molecule has 0 spiro atoms. The molecule has 0 aliphatic heterocycles. The molecule has 142 valence electrons. The Bertz CT molecular complexity index is 851. The van der Waals surface area contributed by atoms with Gasteiger partial charge in [0.2, 0.25) is 5.91 Å². The number of ketones is 1. The Morgan fingerprint density at radius 3 is 2.56 bits per heavy atom. The molecule has 0 fully saturated rings. The zero-order valence-corrected chi connectivity index (χ0v) is 15.2. The van der Waals surface area contributed by atoms with Crippen LogP contribution in [0.5, 0.6) is 5.75 Å². The number of nitro benzene ring substituents is 1. The third kappa shape index (κ3) is 5.53. The van der Waals surface area contributed by atoms with E-state index in [0.29, 0.717) is 35.7 Å². The number of nitro groups is 1. The van der Waals surface area contributed by atoms with Gasteiger partial charge in [0.25, 0.3) is 5.69 Å². The molecule has 2 N–H and O–H groups in total. The Morgan fingerprint density at radius 1 is 1.15 bits per heavy atom. The minimum Gasteiger partial charge on any atom is -0.496 e. The first-order valence-corrected chi connectivity index (χ1v) is 8.34. The second kappa shape index (κ2) is 9.33. The standard InChI is InChI=1S/C19H21N3O5/c1-13(23)14-7-8-18(27-2)15(11-14)12-19(24)21-10-9-20-16-5-3-4-6-17(16)22(25)26/h3-8,11,20H,9-10,12H2,1-2H3,(H,21,24). The molecular weight excluding hydrogens is 350 g/mol. The predicted molar refractivity (Wildman–Crippen MR) is 101 cm³/mol. The molecule has 8 nitrogen and oxygen atoms in total. The molecule has 27 heavy (non-hydrogen) atoms. The zero-order valence-electron chi connectivity index (χ0n) is 15.2. The van der Waals surface area contributed by atoms with Crippen LogP contribution in [-0.4, -0.2) is 36.8 Å². The van der Waals surface area contributed by atoms with Crippen molar-refractivity contribution in [3.63, 3.8) is 0 Å². The molecule has 1 amide bonds. The number of para-hydroxylation sites is 2. The van der Waals surface area contributed by atoms with Crippen LogP contribution >= 0.6 is 0 Å². The third-order valence-electron chi connectivity index (χ3n) is 3.90. The maximum absolute atomic E-state index is 12.2. The van der Waals surface area contributed by atoms with E-state index in [1.165, 1.54) is 20.1 Å². The fourth-order valence-corrected chi connectivity index (χ4v) is 2.55. The van der Waals surface area contributed by atoms with E-state index in [9.17, 15) is 19.7 Å². The highest BCUT2D eigenvalue weighted by Gasteiger charge is 2.13. The van der Waals surface area contributed by atoms with Crippen LogP contribution < -0.4 is 15.4 Å². The van der Waals surface area contributed by atoms with Crippen LogP contribution in [0.1, 0.15) is 22.8 Å². The SMILES string of the molecule is COc1ccc(C(C)=O)cc1CC(=O)NCCNc1ccccc1[N+](=O)[O-]. The highest BCUT2D eigenvalue weighted by Crippen LogP contribution is 2.23. The number of methoxy groups -OCH3 is 1. The summed E-state index contributed by atoms with van der Waals surface area (Å²) in [5, 5.41) is 16.6. The van der Waals surface area contributed by atoms with Crippen LogP contribution in [0, 0.1) is 10.1 Å². The van der Waals surface area contributed by atoms with Gasteiger partial charge in [-0.3, -0.25) is 19.7 Å². The van der Waals surface area contributed by atoms with E-state index < -0.39 is 4.92 Å². The van der Waals surface area contributed by atoms with Crippen LogP contribution in [0.3, 0.4) is 0 Å². The average Bonchev–Trinajstić information content (AvgIpc) is 2.65. The Morgan fingerprint density at radius 2 is 1.89 bits per heavy atom. The Balaban J connectivity index is 1.89. The molecule has 2 rings (SSSR count). The summed E-state index contributed by atoms with van der Waals surface area (Å²) in [6, 6.07) is 11.3. The molecule has 0 saturated heterocycles. The number of benzene rings is 2. The van der Waals surface area contributed by atoms with Gasteiger partial charge in [-0.25, -0.2) is 0 Å². The fraction of sp³-hybridized carbons (Fsp3) is 0.263. The molecular formula is C19H21N3O5. The topological polar surface area (TPSA) is 111 Å². The number of ether oxygens (including phenoxy) is 1. The summed E-state index contributed by atoms with van der Waals surface area (Å²) in [4.78, 5) is 34.2. The van der Waals surface area contributed by atoms with E-state index in [-0.39, 0.29) is 23.8 Å². The van der Waals surface area contributed by atoms with Gasteiger partial charge in [-0.2, -0.15) is 0 Å². The van der Waals surface area contributed by atoms with Crippen molar-refractivity contribution in [1.29, 1.82) is 0 Å². The van der Waals surface area contributed by atoms with Gasteiger partial charge in [-0.15, -0.1) is 0 Å². The lowest BCUT2D eigenvalue weighted by Crippen LogP contribution is -2.30. The molecule has 2 aromatic carbocycles. The molecule has 0 radical (unpaired) electrons. The summed E-state index contributed by atoms with van der Waals surface area (Å²) in [6.07, 6.45) is 0.0653. The number of carbonyl (C=O) groups excluding carboxylic acids is 2. The van der Waals surface area contributed by atoms with Crippen molar-refractivity contribution in [3.05, 3.63) is 63.7 Å². The van der Waals surface area contributed by atoms with Gasteiger partial charge in [0, 0.05) is 30.3 Å². The first-order valence-electron chi connectivity index (χ1n) is 8.34. The van der Waals surface area contributed by atoms with Crippen LogP contribution in [0.2, 0.25) is 0 Å². The molecule has 0 heterocycles. The number of Topliss-reactive ketones (excluding diaryl/α,β-unsaturated/α-hetero) is 1. The largest absolute Gasteiger partial charge is 0.496 e. The van der Waals surface area contributed by atoms with Gasteiger partial charge >= 0.3 is 0 Å². The predicted octanol–water partition coefficient (Wildman–Crippen LogP) is 2.58. The number of rotatable bonds is 9. The number of hydrogen-bond acceptors (Lipinski definition) is 6. The van der Waals surface area contributed by atoms with Gasteiger partial charge in [0.1, 0.15) is 11.4 Å². The monoisotopic (exact) mass is 371 g/mol. The van der Waals surface area contributed by atoms with Crippen LogP contribution in [-0.2, 0) is 11.2 Å². The van der Waals surface area contributed by atoms with Crippen molar-refractivity contribution < 1.29 is 19.2 Å². The quantitative estimate of drug-likeness (QED) is 0.303. The van der Waals surface area contributed by atoms with Gasteiger partial charge in [0.05, 0.1) is 18.5 Å². The summed E-state index contributed by atoms with van der Waals surface area (Å²) in [5.41, 5.74) is 1.51. The highest BCUT2D eigenvalue weighted by molar-refractivity contribution is 5.94. The third-order valence-corrected chi connectivity index (χ3v) is 3.90. The van der Waals surface area contributed by atoms with E-state index in [1.54, 1.807) is 36.4 Å². The number of anilines is 1. The second-order valence-corrected chi connectivity index (χ2v) is 5.81. The fourth-order valence-electron chi connectivity index (χ4n) is 2.55. The molecule has 2 aromatic rings. The van der Waals surface area contributed by atoms with Gasteiger partial charge in [0.15, 0.2) is 5.78 Å². The van der Waals surface area contributed by atoms with Gasteiger partial charge < -0.3 is 15.4 Å². The highest BCUT2D eigenvalue weighted by atomic mass is 16.6. The minimum atomic E-state index is -0.463. The van der Waals surface area contributed by atoms with Gasteiger partial charge in [-0.1, -0.05) is 12.1 Å². The van der Waals surface area contributed by atoms with E-state index in [0.717, 1.165) is 0 Å². The summed E-state index contributed by atoms with van der Waals surface area (Å²) < 4.78 is 5.23. The molecule has 0 unspecified atom stereocenters. The Kier molecular flexibility index (Phi) is 6.87. The van der Waals surface area contributed by atoms with Crippen LogP contribution in [0.15, 0.2) is 42.5 Å². The molecule has 8 heteroatoms. The molecule has 0 aliphatic carbocycles. The number of nitrogens with zero attached hydrogens (tertiary/aromatic N) is 1. The number of carbonyl (C=O) groups is 2. The second-order valence-electron chi connectivity index (χ2n) is 5.81. The number of nitrogens with one attached hydrogen (secondary N) is 2. The zero-order chi connectivity index (χ0) is 19.8. The normalized spacial score (nSPS) is 10.1. The Hall–Kier alpha value is -3.42. The van der Waals surface area contributed by atoms with Crippen molar-refractivity contribution in [2.24, 2.45) is 0 Å². The minimum absolute atomic E-state index is 0.0189. The average molecular weight is 371 g/mol. The van der Waals surface area contributed by atoms with Crippen molar-refractivity contribution in [2.45, 2.75) is 13.3 Å². The summed E-state index contributed by atoms with van der Waals surface area (Å²) in [7, 11) is 1.50. The van der Waals surface area contributed by atoms with Crippen molar-refractivity contribution in [1.82, 2.24) is 5.32 Å². The lowest BCUT2D eigenvalue weighted by atomic mass is 10.0. The number of amides is 1. The summed E-state index contributed by atoms with van der Waals surface area (Å²) in [5.74, 6) is 0.208. The van der Waals surface area contributed by atoms with E-state index >= 15 is 0 Å². The summed E-state index contributed by atoms with van der Waals surface area (Å²) in [6.45, 7) is 2.08. The van der Waals surface area contributed by atoms with E-state index in [4.69, 9.17) is 4.74 Å². The lowest BCUT2D eigenvalue weighted by molar-refractivity contribution is -0.384. The van der Waals surface area contributed by atoms with Gasteiger partial charge in [-0.05, 0) is 31.2 Å². The van der Waals surface area contributed by atoms with E-state index in [1.807, 2.05) is 0 Å². The molecule has 0 saturated carbocycles. The smallest absolute Gasteiger partial charge is 0.292 e.